The van der Waals surface area contributed by atoms with E-state index in [1.165, 1.54) is 5.56 Å². The van der Waals surface area contributed by atoms with Crippen LogP contribution in [0.1, 0.15) is 31.9 Å². The maximum absolute atomic E-state index is 12.7. The van der Waals surface area contributed by atoms with Gasteiger partial charge in [-0.1, -0.05) is 31.2 Å². The molecule has 1 amide bonds. The van der Waals surface area contributed by atoms with E-state index in [0.717, 1.165) is 51.1 Å². The van der Waals surface area contributed by atoms with Gasteiger partial charge in [0.15, 0.2) is 0 Å². The number of hydrogen-bond donors (Lipinski definition) is 1. The van der Waals surface area contributed by atoms with Crippen molar-refractivity contribution in [1.82, 2.24) is 0 Å². The average Bonchev–Trinajstić information content (AvgIpc) is 3.27. The molecule has 0 aliphatic rings. The molecule has 0 fully saturated rings. The van der Waals surface area contributed by atoms with Crippen molar-refractivity contribution in [3.63, 3.8) is 0 Å². The van der Waals surface area contributed by atoms with Crippen LogP contribution in [0.25, 0.3) is 27.7 Å². The highest BCUT2D eigenvalue weighted by atomic mass is 16.5. The van der Waals surface area contributed by atoms with Gasteiger partial charge in [-0.2, -0.15) is 0 Å². The number of hydrogen-bond acceptors (Lipinski definition) is 4. The molecule has 4 rings (SSSR count). The van der Waals surface area contributed by atoms with Crippen LogP contribution in [0.3, 0.4) is 0 Å². The van der Waals surface area contributed by atoms with E-state index < -0.39 is 0 Å². The minimum absolute atomic E-state index is 0.188. The minimum Gasteiger partial charge on any atom is -0.497 e. The normalized spacial score (nSPS) is 11.5. The fraction of sp³-hybridized carbons (Fsp3) is 0.207. The third-order valence-corrected chi connectivity index (χ3v) is 5.78. The third kappa shape index (κ3) is 4.99. The van der Waals surface area contributed by atoms with E-state index in [1.807, 2.05) is 74.5 Å². The highest BCUT2D eigenvalue weighted by molar-refractivity contribution is 6.05. The summed E-state index contributed by atoms with van der Waals surface area (Å²) < 4.78 is 17.0. The Kier molecular flexibility index (Phi) is 7.02. The fourth-order valence-corrected chi connectivity index (χ4v) is 3.91. The first-order chi connectivity index (χ1) is 16.5. The highest BCUT2D eigenvalue weighted by Crippen LogP contribution is 2.38. The Morgan fingerprint density at radius 1 is 1.03 bits per heavy atom. The van der Waals surface area contributed by atoms with Crippen molar-refractivity contribution < 1.29 is 18.7 Å². The summed E-state index contributed by atoms with van der Waals surface area (Å²) in [6.07, 6.45) is 4.31. The summed E-state index contributed by atoms with van der Waals surface area (Å²) >= 11 is 0. The zero-order valence-corrected chi connectivity index (χ0v) is 20.0. The molecule has 0 radical (unpaired) electrons. The maximum Gasteiger partial charge on any atom is 0.248 e. The minimum atomic E-state index is -0.188. The molecular formula is C29H29NO4. The number of fused-ring (bicyclic) bond motifs is 1. The zero-order chi connectivity index (χ0) is 24.1. The second kappa shape index (κ2) is 10.3. The van der Waals surface area contributed by atoms with Gasteiger partial charge >= 0.3 is 0 Å². The Labute approximate surface area is 200 Å². The monoisotopic (exact) mass is 455 g/mol. The van der Waals surface area contributed by atoms with Crippen LogP contribution in [-0.4, -0.2) is 19.6 Å². The summed E-state index contributed by atoms with van der Waals surface area (Å²) in [5.41, 5.74) is 6.36. The lowest BCUT2D eigenvalue weighted by Crippen LogP contribution is -2.08. The summed E-state index contributed by atoms with van der Waals surface area (Å²) in [6, 6.07) is 19.6. The lowest BCUT2D eigenvalue weighted by atomic mass is 9.99. The number of anilines is 1. The van der Waals surface area contributed by atoms with Crippen molar-refractivity contribution in [3.05, 3.63) is 84.1 Å². The predicted molar refractivity (Wildman–Crippen MR) is 137 cm³/mol. The Balaban J connectivity index is 1.68. The first-order valence-corrected chi connectivity index (χ1v) is 11.4. The van der Waals surface area contributed by atoms with Crippen LogP contribution in [0.4, 0.5) is 5.69 Å². The molecule has 1 heterocycles. The Hall–Kier alpha value is -3.99. The van der Waals surface area contributed by atoms with E-state index in [9.17, 15) is 4.79 Å². The van der Waals surface area contributed by atoms with Crippen LogP contribution in [0, 0.1) is 0 Å². The van der Waals surface area contributed by atoms with Gasteiger partial charge in [0.1, 0.15) is 17.1 Å². The Morgan fingerprint density at radius 2 is 1.76 bits per heavy atom. The molecule has 5 heteroatoms. The summed E-state index contributed by atoms with van der Waals surface area (Å²) in [5.74, 6) is 1.29. The molecular weight excluding hydrogens is 426 g/mol. The molecule has 34 heavy (non-hydrogen) atoms. The van der Waals surface area contributed by atoms with Crippen LogP contribution in [0.5, 0.6) is 11.5 Å². The quantitative estimate of drug-likeness (QED) is 0.288. The molecule has 0 atom stereocenters. The lowest BCUT2D eigenvalue weighted by Gasteiger charge is -2.12. The van der Waals surface area contributed by atoms with Crippen molar-refractivity contribution >= 4 is 28.1 Å². The molecule has 0 aliphatic carbocycles. The van der Waals surface area contributed by atoms with Crippen molar-refractivity contribution in [3.8, 4) is 22.6 Å². The van der Waals surface area contributed by atoms with Crippen molar-refractivity contribution in [2.45, 2.75) is 27.2 Å². The van der Waals surface area contributed by atoms with E-state index in [1.54, 1.807) is 19.4 Å². The van der Waals surface area contributed by atoms with Crippen LogP contribution in [-0.2, 0) is 11.2 Å². The molecule has 1 aromatic heterocycles. The number of ether oxygens (including phenoxy) is 2. The molecule has 0 aliphatic heterocycles. The van der Waals surface area contributed by atoms with Gasteiger partial charge in [-0.3, -0.25) is 4.79 Å². The lowest BCUT2D eigenvalue weighted by molar-refractivity contribution is -0.111. The number of amides is 1. The van der Waals surface area contributed by atoms with Gasteiger partial charge in [-0.15, -0.1) is 0 Å². The predicted octanol–water partition coefficient (Wildman–Crippen LogP) is 7.11. The smallest absolute Gasteiger partial charge is 0.248 e. The van der Waals surface area contributed by atoms with E-state index >= 15 is 0 Å². The summed E-state index contributed by atoms with van der Waals surface area (Å²) in [5, 5.41) is 3.89. The second-order valence-corrected chi connectivity index (χ2v) is 8.02. The third-order valence-electron chi connectivity index (χ3n) is 5.78. The van der Waals surface area contributed by atoms with Crippen LogP contribution >= 0.6 is 0 Å². The topological polar surface area (TPSA) is 60.7 Å². The Morgan fingerprint density at radius 3 is 2.41 bits per heavy atom. The number of benzene rings is 3. The average molecular weight is 456 g/mol. The largest absolute Gasteiger partial charge is 0.497 e. The molecule has 3 aromatic carbocycles. The van der Waals surface area contributed by atoms with Crippen LogP contribution in [0.2, 0.25) is 0 Å². The number of nitrogens with one attached hydrogen (secondary N) is 1. The molecule has 0 saturated carbocycles. The SMILES string of the molecule is CCOc1cc2occ(-c3ccc(OC)cc3)c2cc1/C(C)=C/C(=O)Nc1ccc(CC)cc1. The standard InChI is InChI=1S/C29H29NO4/c1-5-20-7-11-22(12-8-20)30-29(31)15-19(3)24-16-25-26(21-9-13-23(32-4)14-10-21)18-34-28(25)17-27(24)33-6-2/h7-18H,5-6H2,1-4H3,(H,30,31)/b19-15+. The van der Waals surface area contributed by atoms with E-state index in [2.05, 4.69) is 12.2 Å². The Bertz CT molecular complexity index is 1320. The van der Waals surface area contributed by atoms with Gasteiger partial charge in [0, 0.05) is 34.3 Å². The van der Waals surface area contributed by atoms with Gasteiger partial charge in [0.25, 0.3) is 0 Å². The number of aryl methyl sites for hydroxylation is 1. The van der Waals surface area contributed by atoms with Crippen LogP contribution < -0.4 is 14.8 Å². The number of rotatable bonds is 8. The van der Waals surface area contributed by atoms with Crippen LogP contribution in [0.15, 0.2) is 77.4 Å². The molecule has 0 saturated heterocycles. The van der Waals surface area contributed by atoms with Gasteiger partial charge in [0.2, 0.25) is 5.91 Å². The number of furan rings is 1. The number of allylic oxidation sites excluding steroid dienone is 1. The van der Waals surface area contributed by atoms with Gasteiger partial charge < -0.3 is 19.2 Å². The number of carbonyl (C=O) groups is 1. The molecule has 1 N–H and O–H groups in total. The van der Waals surface area contributed by atoms with E-state index in [4.69, 9.17) is 13.9 Å². The molecule has 0 bridgehead atoms. The first-order valence-electron chi connectivity index (χ1n) is 11.4. The zero-order valence-electron chi connectivity index (χ0n) is 20.0. The molecule has 0 unspecified atom stereocenters. The van der Waals surface area contributed by atoms with Crippen molar-refractivity contribution in [2.24, 2.45) is 0 Å². The molecule has 174 valence electrons. The second-order valence-electron chi connectivity index (χ2n) is 8.02. The van der Waals surface area contributed by atoms with Gasteiger partial charge in [-0.25, -0.2) is 0 Å². The van der Waals surface area contributed by atoms with Gasteiger partial charge in [0.05, 0.1) is 20.0 Å². The molecule has 5 nitrogen and oxygen atoms in total. The summed E-state index contributed by atoms with van der Waals surface area (Å²) in [6.45, 7) is 6.46. The van der Waals surface area contributed by atoms with Gasteiger partial charge in [-0.05, 0) is 67.3 Å². The fourth-order valence-electron chi connectivity index (χ4n) is 3.91. The highest BCUT2D eigenvalue weighted by Gasteiger charge is 2.15. The number of methoxy groups -OCH3 is 1. The van der Waals surface area contributed by atoms with E-state index in [0.29, 0.717) is 12.4 Å². The molecule has 4 aromatic rings. The summed E-state index contributed by atoms with van der Waals surface area (Å²) in [4.78, 5) is 12.7. The molecule has 0 spiro atoms. The van der Waals surface area contributed by atoms with Crippen molar-refractivity contribution in [1.29, 1.82) is 0 Å². The van der Waals surface area contributed by atoms with E-state index in [-0.39, 0.29) is 5.91 Å². The first kappa shape index (κ1) is 23.2. The summed E-state index contributed by atoms with van der Waals surface area (Å²) in [7, 11) is 1.65. The maximum atomic E-state index is 12.7. The number of carbonyl (C=O) groups excluding carboxylic acids is 1. The van der Waals surface area contributed by atoms with Crippen molar-refractivity contribution in [2.75, 3.05) is 19.0 Å².